The standard InChI is InChI=1S/C25H28N2O2/c28-23-21-14-6-5-13-20(21)22(24(29)26-17-9-10-18-26)25(15-7-2-8-16-25)27(23)19-11-3-1-4-12-19/h1,3-6,11-14,22H,2,7-10,15-18H2. The summed E-state index contributed by atoms with van der Waals surface area (Å²) in [5.41, 5.74) is 2.06. The zero-order valence-corrected chi connectivity index (χ0v) is 16.8. The second-order valence-electron chi connectivity index (χ2n) is 8.69. The topological polar surface area (TPSA) is 40.6 Å². The summed E-state index contributed by atoms with van der Waals surface area (Å²) in [5, 5.41) is 0. The van der Waals surface area contributed by atoms with Gasteiger partial charge in [-0.05, 0) is 49.4 Å². The van der Waals surface area contributed by atoms with Gasteiger partial charge < -0.3 is 9.80 Å². The fraction of sp³-hybridized carbons (Fsp3) is 0.440. The predicted molar refractivity (Wildman–Crippen MR) is 114 cm³/mol. The number of amides is 2. The summed E-state index contributed by atoms with van der Waals surface area (Å²) in [6.07, 6.45) is 7.21. The molecule has 29 heavy (non-hydrogen) atoms. The molecule has 2 aliphatic heterocycles. The summed E-state index contributed by atoms with van der Waals surface area (Å²) in [5.74, 6) is -0.0283. The molecule has 2 fully saturated rings. The van der Waals surface area contributed by atoms with Crippen LogP contribution in [0, 0.1) is 0 Å². The number of carbonyl (C=O) groups excluding carboxylic acids is 2. The maximum atomic E-state index is 13.9. The SMILES string of the molecule is O=C(C1c2ccccc2C(=O)N(c2ccccc2)C12CCCCC2)N1CCCC1. The average Bonchev–Trinajstić information content (AvgIpc) is 3.30. The van der Waals surface area contributed by atoms with Gasteiger partial charge in [0.05, 0.1) is 11.5 Å². The van der Waals surface area contributed by atoms with Crippen molar-refractivity contribution in [3.63, 3.8) is 0 Å². The van der Waals surface area contributed by atoms with Crippen molar-refractivity contribution in [3.8, 4) is 0 Å². The lowest BCUT2D eigenvalue weighted by atomic mass is 9.65. The Morgan fingerprint density at radius 2 is 1.48 bits per heavy atom. The van der Waals surface area contributed by atoms with E-state index in [4.69, 9.17) is 0 Å². The van der Waals surface area contributed by atoms with Crippen LogP contribution in [0.3, 0.4) is 0 Å². The summed E-state index contributed by atoms with van der Waals surface area (Å²) < 4.78 is 0. The molecule has 4 heteroatoms. The lowest BCUT2D eigenvalue weighted by Crippen LogP contribution is -2.63. The molecule has 1 unspecified atom stereocenters. The molecule has 0 bridgehead atoms. The Morgan fingerprint density at radius 1 is 0.828 bits per heavy atom. The highest BCUT2D eigenvalue weighted by molar-refractivity contribution is 6.12. The molecule has 0 N–H and O–H groups in total. The summed E-state index contributed by atoms with van der Waals surface area (Å²) >= 11 is 0. The van der Waals surface area contributed by atoms with Gasteiger partial charge in [-0.25, -0.2) is 0 Å². The number of rotatable bonds is 2. The van der Waals surface area contributed by atoms with Gasteiger partial charge in [-0.15, -0.1) is 0 Å². The summed E-state index contributed by atoms with van der Waals surface area (Å²) in [6.45, 7) is 1.68. The van der Waals surface area contributed by atoms with Gasteiger partial charge in [-0.1, -0.05) is 55.7 Å². The summed E-state index contributed by atoms with van der Waals surface area (Å²) in [6, 6.07) is 17.8. The van der Waals surface area contributed by atoms with Crippen LogP contribution in [-0.4, -0.2) is 35.3 Å². The Balaban J connectivity index is 1.72. The zero-order valence-electron chi connectivity index (χ0n) is 16.8. The second-order valence-corrected chi connectivity index (χ2v) is 8.69. The van der Waals surface area contributed by atoms with Crippen LogP contribution >= 0.6 is 0 Å². The molecule has 1 saturated carbocycles. The number of anilines is 1. The molecule has 1 atom stereocenters. The van der Waals surface area contributed by atoms with Crippen molar-refractivity contribution in [3.05, 3.63) is 65.7 Å². The quantitative estimate of drug-likeness (QED) is 0.744. The van der Waals surface area contributed by atoms with Gasteiger partial charge in [0.1, 0.15) is 0 Å². The third kappa shape index (κ3) is 2.88. The molecule has 5 rings (SSSR count). The van der Waals surface area contributed by atoms with E-state index in [-0.39, 0.29) is 17.7 Å². The van der Waals surface area contributed by atoms with Gasteiger partial charge in [0.15, 0.2) is 0 Å². The predicted octanol–water partition coefficient (Wildman–Crippen LogP) is 4.76. The molecule has 1 aliphatic carbocycles. The Bertz CT molecular complexity index is 911. The van der Waals surface area contributed by atoms with Gasteiger partial charge in [0.25, 0.3) is 5.91 Å². The zero-order chi connectivity index (χ0) is 19.8. The highest BCUT2D eigenvalue weighted by Gasteiger charge is 2.56. The smallest absolute Gasteiger partial charge is 0.259 e. The van der Waals surface area contributed by atoms with Gasteiger partial charge in [0, 0.05) is 24.3 Å². The first-order valence-electron chi connectivity index (χ1n) is 11.0. The fourth-order valence-electron chi connectivity index (χ4n) is 5.80. The van der Waals surface area contributed by atoms with Crippen LogP contribution in [0.4, 0.5) is 5.69 Å². The molecule has 2 heterocycles. The number of hydrogen-bond acceptors (Lipinski definition) is 2. The number of likely N-dealkylation sites (tertiary alicyclic amines) is 1. The first-order chi connectivity index (χ1) is 14.2. The summed E-state index contributed by atoms with van der Waals surface area (Å²) in [7, 11) is 0. The van der Waals surface area contributed by atoms with E-state index in [1.54, 1.807) is 0 Å². The first kappa shape index (κ1) is 18.4. The molecule has 2 amide bonds. The van der Waals surface area contributed by atoms with E-state index in [1.165, 1.54) is 6.42 Å². The Morgan fingerprint density at radius 3 is 2.21 bits per heavy atom. The van der Waals surface area contributed by atoms with Crippen LogP contribution in [0.1, 0.15) is 66.8 Å². The number of nitrogens with zero attached hydrogens (tertiary/aromatic N) is 2. The first-order valence-corrected chi connectivity index (χ1v) is 11.0. The molecule has 1 saturated heterocycles. The van der Waals surface area contributed by atoms with Crippen molar-refractivity contribution < 1.29 is 9.59 Å². The third-order valence-corrected chi connectivity index (χ3v) is 7.09. The van der Waals surface area contributed by atoms with Crippen LogP contribution in [0.5, 0.6) is 0 Å². The summed E-state index contributed by atoms with van der Waals surface area (Å²) in [4.78, 5) is 31.7. The number of carbonyl (C=O) groups is 2. The van der Waals surface area contributed by atoms with Crippen molar-refractivity contribution in [1.82, 2.24) is 4.90 Å². The lowest BCUT2D eigenvalue weighted by Gasteiger charge is -2.54. The molecular weight excluding hydrogens is 360 g/mol. The molecule has 2 aromatic carbocycles. The maximum absolute atomic E-state index is 13.9. The largest absolute Gasteiger partial charge is 0.342 e. The van der Waals surface area contributed by atoms with Crippen molar-refractivity contribution >= 4 is 17.5 Å². The van der Waals surface area contributed by atoms with E-state index in [9.17, 15) is 9.59 Å². The van der Waals surface area contributed by atoms with E-state index in [0.717, 1.165) is 62.9 Å². The molecular formula is C25H28N2O2. The van der Waals surface area contributed by atoms with Gasteiger partial charge in [-0.2, -0.15) is 0 Å². The molecule has 3 aliphatic rings. The van der Waals surface area contributed by atoms with Crippen LogP contribution in [0.25, 0.3) is 0 Å². The van der Waals surface area contributed by atoms with Crippen molar-refractivity contribution in [2.75, 3.05) is 18.0 Å². The Kier molecular flexibility index (Phi) is 4.65. The van der Waals surface area contributed by atoms with Crippen LogP contribution < -0.4 is 4.90 Å². The monoisotopic (exact) mass is 388 g/mol. The molecule has 0 aromatic heterocycles. The average molecular weight is 389 g/mol. The van der Waals surface area contributed by atoms with Gasteiger partial charge in [0.2, 0.25) is 5.91 Å². The van der Waals surface area contributed by atoms with E-state index < -0.39 is 5.54 Å². The fourth-order valence-corrected chi connectivity index (χ4v) is 5.80. The highest BCUT2D eigenvalue weighted by Crippen LogP contribution is 2.51. The van der Waals surface area contributed by atoms with E-state index >= 15 is 0 Å². The highest BCUT2D eigenvalue weighted by atomic mass is 16.2. The third-order valence-electron chi connectivity index (χ3n) is 7.09. The number of hydrogen-bond donors (Lipinski definition) is 0. The normalized spacial score (nSPS) is 23.3. The van der Waals surface area contributed by atoms with Crippen LogP contribution in [0.2, 0.25) is 0 Å². The second kappa shape index (κ2) is 7.33. The van der Waals surface area contributed by atoms with Gasteiger partial charge >= 0.3 is 0 Å². The van der Waals surface area contributed by atoms with Gasteiger partial charge in [-0.3, -0.25) is 9.59 Å². The van der Waals surface area contributed by atoms with Crippen LogP contribution in [-0.2, 0) is 4.79 Å². The van der Waals surface area contributed by atoms with E-state index in [2.05, 4.69) is 0 Å². The van der Waals surface area contributed by atoms with E-state index in [0.29, 0.717) is 5.56 Å². The molecule has 2 aromatic rings. The number of fused-ring (bicyclic) bond motifs is 1. The number of benzene rings is 2. The minimum absolute atomic E-state index is 0.0409. The maximum Gasteiger partial charge on any atom is 0.259 e. The molecule has 150 valence electrons. The minimum Gasteiger partial charge on any atom is -0.342 e. The van der Waals surface area contributed by atoms with Crippen molar-refractivity contribution in [2.45, 2.75) is 56.4 Å². The minimum atomic E-state index is -0.468. The Labute approximate surface area is 172 Å². The molecule has 0 radical (unpaired) electrons. The molecule has 4 nitrogen and oxygen atoms in total. The number of para-hydroxylation sites is 1. The Hall–Kier alpha value is -2.62. The lowest BCUT2D eigenvalue weighted by molar-refractivity contribution is -0.134. The molecule has 1 spiro atoms. The van der Waals surface area contributed by atoms with Crippen molar-refractivity contribution in [1.29, 1.82) is 0 Å². The van der Waals surface area contributed by atoms with Crippen molar-refractivity contribution in [2.24, 2.45) is 0 Å². The van der Waals surface area contributed by atoms with Crippen LogP contribution in [0.15, 0.2) is 54.6 Å². The van der Waals surface area contributed by atoms with E-state index in [1.807, 2.05) is 64.4 Å².